The summed E-state index contributed by atoms with van der Waals surface area (Å²) in [6.07, 6.45) is 2.12. The molecule has 0 N–H and O–H groups in total. The Morgan fingerprint density at radius 3 is 2.79 bits per heavy atom. The number of hydrogen-bond donors (Lipinski definition) is 0. The quantitative estimate of drug-likeness (QED) is 0.838. The van der Waals surface area contributed by atoms with Gasteiger partial charge in [-0.1, -0.05) is 6.92 Å². The molecule has 6 nitrogen and oxygen atoms in total. The van der Waals surface area contributed by atoms with Crippen molar-refractivity contribution in [2.45, 2.75) is 25.8 Å². The van der Waals surface area contributed by atoms with Gasteiger partial charge in [-0.2, -0.15) is 15.0 Å². The number of anilines is 1. The van der Waals surface area contributed by atoms with Crippen LogP contribution in [0.1, 0.15) is 19.8 Å². The van der Waals surface area contributed by atoms with Crippen molar-refractivity contribution < 1.29 is 4.74 Å². The number of aromatic nitrogens is 3. The summed E-state index contributed by atoms with van der Waals surface area (Å²) >= 11 is 5.93. The van der Waals surface area contributed by atoms with Crippen molar-refractivity contribution >= 4 is 17.5 Å². The van der Waals surface area contributed by atoms with Gasteiger partial charge in [0.05, 0.1) is 7.11 Å². The molecule has 0 spiro atoms. The maximum absolute atomic E-state index is 5.93. The third-order valence-electron chi connectivity index (χ3n) is 3.39. The van der Waals surface area contributed by atoms with Crippen LogP contribution in [0.25, 0.3) is 0 Å². The summed E-state index contributed by atoms with van der Waals surface area (Å²) in [6, 6.07) is 0.651. The van der Waals surface area contributed by atoms with E-state index in [1.165, 1.54) is 7.11 Å². The van der Waals surface area contributed by atoms with Gasteiger partial charge in [-0.25, -0.2) is 0 Å². The van der Waals surface area contributed by atoms with Crippen LogP contribution in [0.15, 0.2) is 0 Å². The smallest absolute Gasteiger partial charge is 0.322 e. The highest BCUT2D eigenvalue weighted by atomic mass is 35.5. The van der Waals surface area contributed by atoms with Crippen LogP contribution in [-0.4, -0.2) is 59.7 Å². The molecule has 1 aromatic rings. The van der Waals surface area contributed by atoms with Gasteiger partial charge in [0.25, 0.3) is 0 Å². The number of hydrogen-bond acceptors (Lipinski definition) is 6. The molecule has 0 bridgehead atoms. The third-order valence-corrected chi connectivity index (χ3v) is 3.56. The Hall–Kier alpha value is -1.14. The zero-order valence-electron chi connectivity index (χ0n) is 11.6. The van der Waals surface area contributed by atoms with E-state index in [0.717, 1.165) is 32.5 Å². The molecule has 1 atom stereocenters. The van der Waals surface area contributed by atoms with Crippen LogP contribution in [0.3, 0.4) is 0 Å². The summed E-state index contributed by atoms with van der Waals surface area (Å²) in [5.74, 6) is 0.610. The molecule has 0 saturated carbocycles. The fourth-order valence-electron chi connectivity index (χ4n) is 2.40. The largest absolute Gasteiger partial charge is 0.467 e. The Bertz CT molecular complexity index is 431. The van der Waals surface area contributed by atoms with Gasteiger partial charge in [0.1, 0.15) is 0 Å². The third kappa shape index (κ3) is 3.45. The first-order valence-corrected chi connectivity index (χ1v) is 6.92. The van der Waals surface area contributed by atoms with E-state index in [0.29, 0.717) is 12.0 Å². The van der Waals surface area contributed by atoms with Gasteiger partial charge in [-0.3, -0.25) is 0 Å². The van der Waals surface area contributed by atoms with Gasteiger partial charge >= 0.3 is 6.01 Å². The highest BCUT2D eigenvalue weighted by molar-refractivity contribution is 6.28. The molecule has 0 aromatic carbocycles. The highest BCUT2D eigenvalue weighted by Crippen LogP contribution is 2.21. The molecule has 0 amide bonds. The minimum Gasteiger partial charge on any atom is -0.467 e. The van der Waals surface area contributed by atoms with Crippen molar-refractivity contribution in [3.05, 3.63) is 5.28 Å². The molecule has 2 heterocycles. The molecule has 7 heteroatoms. The second-order valence-electron chi connectivity index (χ2n) is 4.76. The summed E-state index contributed by atoms with van der Waals surface area (Å²) in [7, 11) is 3.68. The van der Waals surface area contributed by atoms with Gasteiger partial charge in [-0.05, 0) is 38.0 Å². The van der Waals surface area contributed by atoms with E-state index in [1.54, 1.807) is 0 Å². The summed E-state index contributed by atoms with van der Waals surface area (Å²) in [4.78, 5) is 17.0. The Labute approximate surface area is 118 Å². The normalized spacial score (nSPS) is 21.3. The molecule has 1 unspecified atom stereocenters. The van der Waals surface area contributed by atoms with Crippen LogP contribution in [0, 0.1) is 0 Å². The molecule has 1 aromatic heterocycles. The minimum absolute atomic E-state index is 0.175. The molecule has 106 valence electrons. The molecule has 1 saturated heterocycles. The second kappa shape index (κ2) is 6.34. The molecule has 1 aliphatic heterocycles. The SMILES string of the molecule is CCC1CN(C)CCCN1c1nc(Cl)nc(OC)n1. The molecule has 19 heavy (non-hydrogen) atoms. The lowest BCUT2D eigenvalue weighted by Gasteiger charge is -2.30. The van der Waals surface area contributed by atoms with E-state index in [2.05, 4.69) is 38.7 Å². The van der Waals surface area contributed by atoms with Gasteiger partial charge in [0.2, 0.25) is 11.2 Å². The molecule has 2 rings (SSSR count). The van der Waals surface area contributed by atoms with Crippen LogP contribution in [0.4, 0.5) is 5.95 Å². The number of methoxy groups -OCH3 is 1. The van der Waals surface area contributed by atoms with Crippen molar-refractivity contribution in [1.82, 2.24) is 19.9 Å². The number of nitrogens with zero attached hydrogens (tertiary/aromatic N) is 5. The van der Waals surface area contributed by atoms with Gasteiger partial charge in [0, 0.05) is 19.1 Å². The van der Waals surface area contributed by atoms with Crippen LogP contribution >= 0.6 is 11.6 Å². The maximum atomic E-state index is 5.93. The van der Waals surface area contributed by atoms with E-state index in [1.807, 2.05) is 0 Å². The molecular formula is C12H20ClN5O. The molecule has 1 aliphatic rings. The molecule has 0 radical (unpaired) electrons. The van der Waals surface area contributed by atoms with Gasteiger partial charge in [0.15, 0.2) is 0 Å². The minimum atomic E-state index is 0.175. The lowest BCUT2D eigenvalue weighted by Crippen LogP contribution is -2.40. The average Bonchev–Trinajstić information content (AvgIpc) is 2.59. The predicted molar refractivity (Wildman–Crippen MR) is 74.9 cm³/mol. The van der Waals surface area contributed by atoms with E-state index < -0.39 is 0 Å². The van der Waals surface area contributed by atoms with Gasteiger partial charge in [-0.15, -0.1) is 0 Å². The Balaban J connectivity index is 2.29. The van der Waals surface area contributed by atoms with Crippen molar-refractivity contribution in [3.63, 3.8) is 0 Å². The number of halogens is 1. The molecular weight excluding hydrogens is 266 g/mol. The topological polar surface area (TPSA) is 54.4 Å². The van der Waals surface area contributed by atoms with Crippen molar-refractivity contribution in [2.75, 3.05) is 38.7 Å². The van der Waals surface area contributed by atoms with E-state index in [9.17, 15) is 0 Å². The lowest BCUT2D eigenvalue weighted by molar-refractivity contribution is 0.327. The Morgan fingerprint density at radius 1 is 1.32 bits per heavy atom. The zero-order chi connectivity index (χ0) is 13.8. The Kier molecular flexibility index (Phi) is 4.76. The summed E-state index contributed by atoms with van der Waals surface area (Å²) in [5, 5.41) is 0.175. The summed E-state index contributed by atoms with van der Waals surface area (Å²) < 4.78 is 5.06. The van der Waals surface area contributed by atoms with Crippen LogP contribution in [-0.2, 0) is 0 Å². The maximum Gasteiger partial charge on any atom is 0.322 e. The summed E-state index contributed by atoms with van der Waals surface area (Å²) in [6.45, 7) is 5.19. The highest BCUT2D eigenvalue weighted by Gasteiger charge is 2.25. The molecule has 1 fully saturated rings. The first-order valence-electron chi connectivity index (χ1n) is 6.54. The number of ether oxygens (including phenoxy) is 1. The fraction of sp³-hybridized carbons (Fsp3) is 0.750. The second-order valence-corrected chi connectivity index (χ2v) is 5.10. The zero-order valence-corrected chi connectivity index (χ0v) is 12.4. The van der Waals surface area contributed by atoms with E-state index >= 15 is 0 Å². The van der Waals surface area contributed by atoms with Crippen LogP contribution < -0.4 is 9.64 Å². The first-order chi connectivity index (χ1) is 9.13. The van der Waals surface area contributed by atoms with Gasteiger partial charge < -0.3 is 14.5 Å². The van der Waals surface area contributed by atoms with Crippen LogP contribution in [0.2, 0.25) is 5.28 Å². The fourth-order valence-corrected chi connectivity index (χ4v) is 2.55. The Morgan fingerprint density at radius 2 is 2.11 bits per heavy atom. The summed E-state index contributed by atoms with van der Waals surface area (Å²) in [5.41, 5.74) is 0. The predicted octanol–water partition coefficient (Wildman–Crippen LogP) is 1.45. The van der Waals surface area contributed by atoms with Crippen molar-refractivity contribution in [1.29, 1.82) is 0 Å². The average molecular weight is 286 g/mol. The monoisotopic (exact) mass is 285 g/mol. The van der Waals surface area contributed by atoms with Crippen molar-refractivity contribution in [2.24, 2.45) is 0 Å². The van der Waals surface area contributed by atoms with E-state index in [-0.39, 0.29) is 11.3 Å². The van der Waals surface area contributed by atoms with Crippen LogP contribution in [0.5, 0.6) is 6.01 Å². The van der Waals surface area contributed by atoms with Crippen molar-refractivity contribution in [3.8, 4) is 6.01 Å². The number of rotatable bonds is 3. The molecule has 0 aliphatic carbocycles. The van der Waals surface area contributed by atoms with E-state index in [4.69, 9.17) is 16.3 Å². The number of likely N-dealkylation sites (N-methyl/N-ethyl adjacent to an activating group) is 1. The first kappa shape index (κ1) is 14.3. The standard InChI is InChI=1S/C12H20ClN5O/c1-4-9-8-17(2)6-5-7-18(9)11-14-10(13)15-12(16-11)19-3/h9H,4-8H2,1-3H3. The lowest BCUT2D eigenvalue weighted by atomic mass is 10.2.